The van der Waals surface area contributed by atoms with Crippen LogP contribution in [-0.2, 0) is 4.79 Å². The molecule has 0 aromatic carbocycles. The van der Waals surface area contributed by atoms with Crippen LogP contribution in [-0.4, -0.2) is 23.0 Å². The minimum absolute atomic E-state index is 0.0670. The summed E-state index contributed by atoms with van der Waals surface area (Å²) in [5, 5.41) is 13.6. The van der Waals surface area contributed by atoms with Gasteiger partial charge < -0.3 is 10.4 Å². The highest BCUT2D eigenvalue weighted by atomic mass is 32.1. The van der Waals surface area contributed by atoms with Crippen molar-refractivity contribution in [3.05, 3.63) is 28.0 Å². The van der Waals surface area contributed by atoms with Crippen molar-refractivity contribution < 1.29 is 14.7 Å². The van der Waals surface area contributed by atoms with Crippen molar-refractivity contribution in [3.8, 4) is 0 Å². The van der Waals surface area contributed by atoms with E-state index in [1.165, 1.54) is 36.7 Å². The lowest BCUT2D eigenvalue weighted by Gasteiger charge is -2.22. The van der Waals surface area contributed by atoms with Crippen molar-refractivity contribution in [2.24, 2.45) is 11.8 Å². The van der Waals surface area contributed by atoms with Gasteiger partial charge in [-0.2, -0.15) is 0 Å². The molecule has 0 aliphatic heterocycles. The van der Waals surface area contributed by atoms with Crippen LogP contribution >= 0.6 is 11.3 Å². The first-order valence-electron chi connectivity index (χ1n) is 6.93. The lowest BCUT2D eigenvalue weighted by molar-refractivity contribution is -0.131. The highest BCUT2D eigenvalue weighted by Gasteiger charge is 2.40. The van der Waals surface area contributed by atoms with Crippen molar-refractivity contribution in [3.63, 3.8) is 0 Å². The Bertz CT molecular complexity index is 563. The number of hydrogen-bond acceptors (Lipinski definition) is 3. The minimum Gasteiger partial charge on any atom is -0.478 e. The molecule has 1 aromatic rings. The third kappa shape index (κ3) is 2.63. The molecule has 0 radical (unpaired) electrons. The van der Waals surface area contributed by atoms with Gasteiger partial charge in [0.2, 0.25) is 0 Å². The number of hydrogen-bond donors (Lipinski definition) is 2. The molecule has 2 N–H and O–H groups in total. The van der Waals surface area contributed by atoms with Gasteiger partial charge in [0.05, 0.1) is 4.88 Å². The highest BCUT2D eigenvalue weighted by Crippen LogP contribution is 2.44. The Balaban J connectivity index is 1.68. The molecule has 1 amide bonds. The van der Waals surface area contributed by atoms with Gasteiger partial charge in [0.15, 0.2) is 0 Å². The van der Waals surface area contributed by atoms with Gasteiger partial charge in [0, 0.05) is 12.1 Å². The fourth-order valence-corrected chi connectivity index (χ4v) is 4.24. The Labute approximate surface area is 121 Å². The summed E-state index contributed by atoms with van der Waals surface area (Å²) in [7, 11) is 0. The first-order valence-corrected chi connectivity index (χ1v) is 7.81. The quantitative estimate of drug-likeness (QED) is 0.838. The highest BCUT2D eigenvalue weighted by molar-refractivity contribution is 7.12. The molecule has 0 saturated heterocycles. The maximum Gasteiger partial charge on any atom is 0.328 e. The number of thiophene rings is 1. The van der Waals surface area contributed by atoms with Gasteiger partial charge in [0.25, 0.3) is 5.91 Å². The van der Waals surface area contributed by atoms with E-state index in [0.29, 0.717) is 22.4 Å². The normalized spacial score (nSPS) is 28.1. The van der Waals surface area contributed by atoms with E-state index in [-0.39, 0.29) is 5.91 Å². The molecular formula is C15H17NO3S. The van der Waals surface area contributed by atoms with Crippen molar-refractivity contribution >= 4 is 29.3 Å². The van der Waals surface area contributed by atoms with Crippen LogP contribution in [0.4, 0.5) is 0 Å². The van der Waals surface area contributed by atoms with Gasteiger partial charge in [-0.15, -0.1) is 11.3 Å². The zero-order valence-corrected chi connectivity index (χ0v) is 11.9. The maximum atomic E-state index is 12.3. The summed E-state index contributed by atoms with van der Waals surface area (Å²) in [5.74, 6) is 0.361. The number of carboxylic acid groups (broad SMARTS) is 1. The molecule has 3 unspecified atom stereocenters. The predicted octanol–water partition coefficient (Wildman–Crippen LogP) is 2.76. The fraction of sp³-hybridized carbons (Fsp3) is 0.467. The molecule has 106 valence electrons. The molecule has 2 aliphatic carbocycles. The largest absolute Gasteiger partial charge is 0.478 e. The molecule has 3 rings (SSSR count). The van der Waals surface area contributed by atoms with E-state index in [2.05, 4.69) is 5.32 Å². The van der Waals surface area contributed by atoms with Gasteiger partial charge in [-0.25, -0.2) is 4.79 Å². The van der Waals surface area contributed by atoms with Gasteiger partial charge in [-0.1, -0.05) is 6.42 Å². The number of carbonyl (C=O) groups excluding carboxylic acids is 1. The monoisotopic (exact) mass is 291 g/mol. The molecule has 1 heterocycles. The van der Waals surface area contributed by atoms with E-state index in [1.54, 1.807) is 6.07 Å². The second kappa shape index (κ2) is 5.40. The Morgan fingerprint density at radius 2 is 2.20 bits per heavy atom. The van der Waals surface area contributed by atoms with Crippen LogP contribution in [0.1, 0.15) is 40.9 Å². The summed E-state index contributed by atoms with van der Waals surface area (Å²) >= 11 is 1.36. The number of rotatable bonds is 4. The first kappa shape index (κ1) is 13.4. The van der Waals surface area contributed by atoms with Crippen LogP contribution in [0, 0.1) is 11.8 Å². The summed E-state index contributed by atoms with van der Waals surface area (Å²) in [6, 6.07) is 2.08. The second-order valence-corrected chi connectivity index (χ2v) is 6.55. The van der Waals surface area contributed by atoms with E-state index < -0.39 is 5.97 Å². The lowest BCUT2D eigenvalue weighted by atomic mass is 9.95. The average Bonchev–Trinajstić information content (AvgIpc) is 3.12. The van der Waals surface area contributed by atoms with Crippen molar-refractivity contribution in [1.82, 2.24) is 5.32 Å². The molecule has 2 aliphatic rings. The molecule has 2 fully saturated rings. The number of nitrogens with one attached hydrogen (secondary N) is 1. The summed E-state index contributed by atoms with van der Waals surface area (Å²) < 4.78 is 0. The Kier molecular flexibility index (Phi) is 3.61. The van der Waals surface area contributed by atoms with Gasteiger partial charge in [-0.3, -0.25) is 4.79 Å². The van der Waals surface area contributed by atoms with Crippen molar-refractivity contribution in [2.45, 2.75) is 31.7 Å². The molecule has 20 heavy (non-hydrogen) atoms. The third-order valence-corrected chi connectivity index (χ3v) is 5.29. The topological polar surface area (TPSA) is 66.4 Å². The molecule has 4 nitrogen and oxygen atoms in total. The minimum atomic E-state index is -1.00. The van der Waals surface area contributed by atoms with E-state index in [9.17, 15) is 9.59 Å². The fourth-order valence-electron chi connectivity index (χ4n) is 3.45. The van der Waals surface area contributed by atoms with E-state index >= 15 is 0 Å². The van der Waals surface area contributed by atoms with Crippen LogP contribution in [0.2, 0.25) is 0 Å². The van der Waals surface area contributed by atoms with Crippen LogP contribution in [0.25, 0.3) is 6.08 Å². The average molecular weight is 291 g/mol. The van der Waals surface area contributed by atoms with Crippen molar-refractivity contribution in [1.29, 1.82) is 0 Å². The Morgan fingerprint density at radius 3 is 2.85 bits per heavy atom. The maximum absolute atomic E-state index is 12.3. The molecule has 3 atom stereocenters. The number of fused-ring (bicyclic) bond motifs is 2. The Morgan fingerprint density at radius 1 is 1.35 bits per heavy atom. The number of carbonyl (C=O) groups is 2. The molecule has 2 saturated carbocycles. The molecule has 0 spiro atoms. The standard InChI is InChI=1S/C15H17NO3S/c17-13(18)4-3-10-5-6-20-14(10)15(19)16-12-8-9-1-2-11(12)7-9/h3-6,9,11-12H,1-2,7-8H2,(H,16,19)(H,17,18). The van der Waals surface area contributed by atoms with Gasteiger partial charge >= 0.3 is 5.97 Å². The smallest absolute Gasteiger partial charge is 0.328 e. The summed E-state index contributed by atoms with van der Waals surface area (Å²) in [4.78, 5) is 23.5. The molecule has 2 bridgehead atoms. The Hall–Kier alpha value is -1.62. The zero-order valence-electron chi connectivity index (χ0n) is 11.0. The molecule has 5 heteroatoms. The SMILES string of the molecule is O=C(O)C=Cc1ccsc1C(=O)NC1CC2CCC1C2. The molecular weight excluding hydrogens is 274 g/mol. The van der Waals surface area contributed by atoms with E-state index in [4.69, 9.17) is 5.11 Å². The summed E-state index contributed by atoms with van der Waals surface area (Å²) in [6.45, 7) is 0. The zero-order chi connectivity index (χ0) is 14.1. The third-order valence-electron chi connectivity index (χ3n) is 4.36. The van der Waals surface area contributed by atoms with Crippen LogP contribution in [0.5, 0.6) is 0 Å². The van der Waals surface area contributed by atoms with Gasteiger partial charge in [-0.05, 0) is 54.2 Å². The summed E-state index contributed by atoms with van der Waals surface area (Å²) in [6.07, 6.45) is 7.43. The number of amides is 1. The van der Waals surface area contributed by atoms with Crippen molar-refractivity contribution in [2.75, 3.05) is 0 Å². The molecule has 1 aromatic heterocycles. The van der Waals surface area contributed by atoms with E-state index in [1.807, 2.05) is 5.38 Å². The van der Waals surface area contributed by atoms with Crippen LogP contribution in [0.3, 0.4) is 0 Å². The van der Waals surface area contributed by atoms with Crippen LogP contribution < -0.4 is 5.32 Å². The lowest BCUT2D eigenvalue weighted by Crippen LogP contribution is -2.38. The van der Waals surface area contributed by atoms with Gasteiger partial charge in [0.1, 0.15) is 0 Å². The van der Waals surface area contributed by atoms with E-state index in [0.717, 1.165) is 18.4 Å². The number of carboxylic acids is 1. The predicted molar refractivity (Wildman–Crippen MR) is 77.7 cm³/mol. The number of aliphatic carboxylic acids is 1. The second-order valence-electron chi connectivity index (χ2n) is 5.63. The summed E-state index contributed by atoms with van der Waals surface area (Å²) in [5.41, 5.74) is 0.679. The first-order chi connectivity index (χ1) is 9.63. The van der Waals surface area contributed by atoms with Crippen LogP contribution in [0.15, 0.2) is 17.5 Å².